The molecular weight excluding hydrogens is 442 g/mol. The zero-order chi connectivity index (χ0) is 24.7. The van der Waals surface area contributed by atoms with Crippen molar-refractivity contribution in [3.05, 3.63) is 72.2 Å². The molecule has 1 aliphatic heterocycles. The quantitative estimate of drug-likeness (QED) is 0.449. The van der Waals surface area contributed by atoms with Gasteiger partial charge in [-0.3, -0.25) is 14.8 Å². The van der Waals surface area contributed by atoms with Gasteiger partial charge in [-0.05, 0) is 63.6 Å². The first-order valence-corrected chi connectivity index (χ1v) is 11.8. The van der Waals surface area contributed by atoms with Crippen LogP contribution >= 0.6 is 0 Å². The van der Waals surface area contributed by atoms with Gasteiger partial charge in [-0.1, -0.05) is 12.1 Å². The van der Waals surface area contributed by atoms with Gasteiger partial charge in [0.2, 0.25) is 0 Å². The Labute approximate surface area is 204 Å². The van der Waals surface area contributed by atoms with Crippen LogP contribution in [-0.2, 0) is 10.3 Å². The number of nitrogens with zero attached hydrogens (tertiary/aromatic N) is 3. The molecule has 35 heavy (non-hydrogen) atoms. The van der Waals surface area contributed by atoms with Crippen LogP contribution < -0.4 is 0 Å². The SMILES string of the molecule is CC1COCC(C)N1C(=O)c1ccc(-c2cc3nccc(-c4ccnc(C(C)(C)O)c4)c3o2)cc1. The maximum atomic E-state index is 13.1. The van der Waals surface area contributed by atoms with Crippen molar-refractivity contribution >= 4 is 17.0 Å². The zero-order valence-electron chi connectivity index (χ0n) is 20.4. The lowest BCUT2D eigenvalue weighted by Crippen LogP contribution is -2.52. The van der Waals surface area contributed by atoms with Gasteiger partial charge in [0, 0.05) is 35.2 Å². The van der Waals surface area contributed by atoms with Gasteiger partial charge in [0.25, 0.3) is 5.91 Å². The number of pyridine rings is 2. The van der Waals surface area contributed by atoms with Crippen molar-refractivity contribution in [2.75, 3.05) is 13.2 Å². The largest absolute Gasteiger partial charge is 0.454 e. The zero-order valence-corrected chi connectivity index (χ0v) is 20.4. The Morgan fingerprint density at radius 3 is 2.34 bits per heavy atom. The van der Waals surface area contributed by atoms with E-state index in [1.165, 1.54) is 0 Å². The van der Waals surface area contributed by atoms with E-state index in [-0.39, 0.29) is 18.0 Å². The summed E-state index contributed by atoms with van der Waals surface area (Å²) in [5.41, 5.74) is 4.18. The maximum Gasteiger partial charge on any atom is 0.254 e. The predicted octanol–water partition coefficient (Wildman–Crippen LogP) is 5.03. The molecule has 1 aliphatic rings. The lowest BCUT2D eigenvalue weighted by atomic mass is 10.00. The van der Waals surface area contributed by atoms with E-state index >= 15 is 0 Å². The fraction of sp³-hybridized carbons (Fsp3) is 0.321. The summed E-state index contributed by atoms with van der Waals surface area (Å²) in [7, 11) is 0. The third kappa shape index (κ3) is 4.45. The van der Waals surface area contributed by atoms with Crippen LogP contribution in [0.15, 0.2) is 65.3 Å². The number of amides is 1. The van der Waals surface area contributed by atoms with Gasteiger partial charge in [-0.2, -0.15) is 0 Å². The molecule has 1 saturated heterocycles. The highest BCUT2D eigenvalue weighted by Gasteiger charge is 2.30. The van der Waals surface area contributed by atoms with Gasteiger partial charge in [0.1, 0.15) is 16.9 Å². The number of hydrogen-bond acceptors (Lipinski definition) is 6. The number of carbonyl (C=O) groups is 1. The highest BCUT2D eigenvalue weighted by atomic mass is 16.5. The average Bonchev–Trinajstić information content (AvgIpc) is 3.28. The van der Waals surface area contributed by atoms with Crippen LogP contribution in [0.2, 0.25) is 0 Å². The first-order chi connectivity index (χ1) is 16.7. The Balaban J connectivity index is 1.46. The molecular formula is C28H29N3O4. The highest BCUT2D eigenvalue weighted by Crippen LogP contribution is 2.34. The van der Waals surface area contributed by atoms with Gasteiger partial charge >= 0.3 is 0 Å². The van der Waals surface area contributed by atoms with Gasteiger partial charge in [0.15, 0.2) is 5.58 Å². The Morgan fingerprint density at radius 2 is 1.66 bits per heavy atom. The van der Waals surface area contributed by atoms with Crippen LogP contribution in [0.4, 0.5) is 0 Å². The molecule has 0 saturated carbocycles. The molecule has 1 aromatic carbocycles. The van der Waals surface area contributed by atoms with E-state index in [1.807, 2.05) is 67.3 Å². The normalized spacial score (nSPS) is 18.7. The number of benzene rings is 1. The van der Waals surface area contributed by atoms with Crippen LogP contribution in [0.5, 0.6) is 0 Å². The minimum Gasteiger partial charge on any atom is -0.454 e. The first kappa shape index (κ1) is 23.2. The fourth-order valence-electron chi connectivity index (χ4n) is 4.57. The second-order valence-corrected chi connectivity index (χ2v) is 9.70. The van der Waals surface area contributed by atoms with Crippen molar-refractivity contribution in [2.45, 2.75) is 45.4 Å². The number of morpholine rings is 1. The first-order valence-electron chi connectivity index (χ1n) is 11.8. The summed E-state index contributed by atoms with van der Waals surface area (Å²) in [6.07, 6.45) is 3.43. The lowest BCUT2D eigenvalue weighted by Gasteiger charge is -2.38. The highest BCUT2D eigenvalue weighted by molar-refractivity contribution is 5.96. The van der Waals surface area contributed by atoms with Gasteiger partial charge in [-0.25, -0.2) is 0 Å². The molecule has 1 fully saturated rings. The second-order valence-electron chi connectivity index (χ2n) is 9.70. The molecule has 7 heteroatoms. The van der Waals surface area contributed by atoms with Gasteiger partial charge < -0.3 is 19.2 Å². The monoisotopic (exact) mass is 471 g/mol. The van der Waals surface area contributed by atoms with Gasteiger partial charge in [-0.15, -0.1) is 0 Å². The molecule has 5 rings (SSSR count). The van der Waals surface area contributed by atoms with E-state index in [9.17, 15) is 9.90 Å². The van der Waals surface area contributed by atoms with Crippen molar-refractivity contribution < 1.29 is 19.1 Å². The molecule has 7 nitrogen and oxygen atoms in total. The minimum atomic E-state index is -1.05. The predicted molar refractivity (Wildman–Crippen MR) is 134 cm³/mol. The van der Waals surface area contributed by atoms with E-state index in [0.29, 0.717) is 35.8 Å². The van der Waals surface area contributed by atoms with E-state index < -0.39 is 5.60 Å². The number of rotatable bonds is 4. The molecule has 4 heterocycles. The molecule has 3 aromatic heterocycles. The fourth-order valence-corrected chi connectivity index (χ4v) is 4.57. The summed E-state index contributed by atoms with van der Waals surface area (Å²) in [6.45, 7) is 8.54. The molecule has 2 unspecified atom stereocenters. The van der Waals surface area contributed by atoms with E-state index in [1.54, 1.807) is 26.2 Å². The molecule has 1 amide bonds. The Morgan fingerprint density at radius 1 is 0.971 bits per heavy atom. The Bertz CT molecular complexity index is 1360. The van der Waals surface area contributed by atoms with Crippen molar-refractivity contribution in [1.82, 2.24) is 14.9 Å². The summed E-state index contributed by atoms with van der Waals surface area (Å²) in [5.74, 6) is 0.678. The summed E-state index contributed by atoms with van der Waals surface area (Å²) in [6, 6.07) is 15.1. The molecule has 0 bridgehead atoms. The molecule has 0 spiro atoms. The summed E-state index contributed by atoms with van der Waals surface area (Å²) >= 11 is 0. The number of hydrogen-bond donors (Lipinski definition) is 1. The van der Waals surface area contributed by atoms with Crippen LogP contribution in [-0.4, -0.2) is 51.2 Å². The number of ether oxygens (including phenoxy) is 1. The number of furan rings is 1. The number of aromatic nitrogens is 2. The summed E-state index contributed by atoms with van der Waals surface area (Å²) < 4.78 is 11.8. The average molecular weight is 472 g/mol. The van der Waals surface area contributed by atoms with E-state index in [2.05, 4.69) is 9.97 Å². The molecule has 4 aromatic rings. The molecule has 180 valence electrons. The van der Waals surface area contributed by atoms with Crippen molar-refractivity contribution in [3.63, 3.8) is 0 Å². The molecule has 1 N–H and O–H groups in total. The molecule has 0 aliphatic carbocycles. The number of fused-ring (bicyclic) bond motifs is 1. The second kappa shape index (κ2) is 8.91. The third-order valence-corrected chi connectivity index (χ3v) is 6.43. The third-order valence-electron chi connectivity index (χ3n) is 6.43. The van der Waals surface area contributed by atoms with Crippen molar-refractivity contribution in [2.24, 2.45) is 0 Å². The Kier molecular flexibility index (Phi) is 5.91. The van der Waals surface area contributed by atoms with Crippen LogP contribution in [0.3, 0.4) is 0 Å². The van der Waals surface area contributed by atoms with Crippen LogP contribution in [0.1, 0.15) is 43.7 Å². The minimum absolute atomic E-state index is 0.00806. The van der Waals surface area contributed by atoms with Crippen LogP contribution in [0.25, 0.3) is 33.6 Å². The molecule has 2 atom stereocenters. The summed E-state index contributed by atoms with van der Waals surface area (Å²) in [4.78, 5) is 23.8. The van der Waals surface area contributed by atoms with Crippen molar-refractivity contribution in [1.29, 1.82) is 0 Å². The number of carbonyl (C=O) groups excluding carboxylic acids is 1. The maximum absolute atomic E-state index is 13.1. The topological polar surface area (TPSA) is 88.7 Å². The molecule has 0 radical (unpaired) electrons. The Hall–Kier alpha value is -3.55. The summed E-state index contributed by atoms with van der Waals surface area (Å²) in [5, 5.41) is 10.4. The smallest absolute Gasteiger partial charge is 0.254 e. The van der Waals surface area contributed by atoms with Crippen molar-refractivity contribution in [3.8, 4) is 22.5 Å². The van der Waals surface area contributed by atoms with E-state index in [0.717, 1.165) is 22.2 Å². The van der Waals surface area contributed by atoms with Crippen LogP contribution in [0, 0.1) is 0 Å². The number of aliphatic hydroxyl groups is 1. The lowest BCUT2D eigenvalue weighted by molar-refractivity contribution is -0.0249. The standard InChI is InChI=1S/C28H29N3O4/c1-17-15-34-16-18(2)31(17)27(32)20-7-5-19(6-8-20)24-14-23-26(35-24)22(10-12-29-23)21-9-11-30-25(13-21)28(3,4)33/h5-14,17-18,33H,15-16H2,1-4H3. The van der Waals surface area contributed by atoms with Gasteiger partial charge in [0.05, 0.1) is 31.0 Å². The van der Waals surface area contributed by atoms with E-state index in [4.69, 9.17) is 9.15 Å².